The minimum atomic E-state index is -1.72. The van der Waals surface area contributed by atoms with Gasteiger partial charge in [0.1, 0.15) is 0 Å². The number of amides is 4. The summed E-state index contributed by atoms with van der Waals surface area (Å²) in [6.45, 7) is 7.80. The van der Waals surface area contributed by atoms with Crippen molar-refractivity contribution < 1.29 is 24.0 Å². The Balaban J connectivity index is 1.72. The Hall–Kier alpha value is -3.79. The number of urea groups is 1. The van der Waals surface area contributed by atoms with Gasteiger partial charge in [0.05, 0.1) is 28.9 Å². The lowest BCUT2D eigenvalue weighted by atomic mass is 9.66. The number of aryl methyl sites for hydroxylation is 2. The molecule has 4 amide bonds. The molecule has 0 bridgehead atoms. The fraction of sp³-hybridized carbons (Fsp3) is 0.400. The van der Waals surface area contributed by atoms with Gasteiger partial charge in [-0.15, -0.1) is 0 Å². The van der Waals surface area contributed by atoms with Gasteiger partial charge in [-0.05, 0) is 51.0 Å². The smallest absolute Gasteiger partial charge is 0.335 e. The molecule has 182 valence electrons. The van der Waals surface area contributed by atoms with Gasteiger partial charge < -0.3 is 9.64 Å². The highest BCUT2D eigenvalue weighted by Crippen LogP contribution is 2.49. The number of barbiturate groups is 1. The maximum Gasteiger partial charge on any atom is 0.335 e. The average Bonchev–Trinajstić information content (AvgIpc) is 2.78. The van der Waals surface area contributed by atoms with Crippen molar-refractivity contribution in [3.8, 4) is 0 Å². The average molecular weight is 479 g/mol. The first-order valence-electron chi connectivity index (χ1n) is 11.5. The molecule has 0 aromatic heterocycles. The molecular formula is C25H26N4O6. The van der Waals surface area contributed by atoms with E-state index in [1.165, 1.54) is 12.1 Å². The number of benzene rings is 2. The number of ether oxygens (including phenoxy) is 1. The number of hydrogen-bond acceptors (Lipinski definition) is 7. The zero-order valence-electron chi connectivity index (χ0n) is 19.9. The van der Waals surface area contributed by atoms with E-state index in [4.69, 9.17) is 4.74 Å². The van der Waals surface area contributed by atoms with Crippen LogP contribution < -0.4 is 15.1 Å². The van der Waals surface area contributed by atoms with Crippen LogP contribution in [0.5, 0.6) is 0 Å². The third kappa shape index (κ3) is 3.31. The predicted octanol–water partition coefficient (Wildman–Crippen LogP) is 3.02. The number of anilines is 2. The van der Waals surface area contributed by atoms with E-state index < -0.39 is 40.3 Å². The summed E-state index contributed by atoms with van der Waals surface area (Å²) in [5.74, 6) is -1.37. The van der Waals surface area contributed by atoms with Crippen molar-refractivity contribution in [2.24, 2.45) is 5.41 Å². The van der Waals surface area contributed by atoms with Crippen LogP contribution >= 0.6 is 0 Å². The van der Waals surface area contributed by atoms with Gasteiger partial charge in [0.2, 0.25) is 5.91 Å². The van der Waals surface area contributed by atoms with E-state index in [0.717, 1.165) is 16.2 Å². The van der Waals surface area contributed by atoms with Crippen molar-refractivity contribution in [1.29, 1.82) is 0 Å². The van der Waals surface area contributed by atoms with E-state index >= 15 is 0 Å². The van der Waals surface area contributed by atoms with Gasteiger partial charge in [-0.1, -0.05) is 17.7 Å². The Kier molecular flexibility index (Phi) is 5.17. The fourth-order valence-corrected chi connectivity index (χ4v) is 5.90. The van der Waals surface area contributed by atoms with Crippen LogP contribution in [0.4, 0.5) is 21.9 Å². The molecule has 2 saturated heterocycles. The summed E-state index contributed by atoms with van der Waals surface area (Å²) in [5, 5.41) is 13.9. The van der Waals surface area contributed by atoms with E-state index in [1.807, 2.05) is 31.7 Å². The summed E-state index contributed by atoms with van der Waals surface area (Å²) in [6, 6.07) is 8.33. The zero-order valence-corrected chi connectivity index (χ0v) is 19.9. The Morgan fingerprint density at radius 3 is 2.49 bits per heavy atom. The standard InChI is InChI=1S/C25H26N4O6/c1-13-5-7-19(14(2)9-13)28-23(31)25(22(30)26-24(28)32)11-17-10-18(29(33)34)6-8-20(17)27-12-15(3)35-16(4)21(25)27/h5-10,15-16,21H,11-12H2,1-4H3,(H,26,30,32)/t15-,16-,21-,25+/m0/s1. The zero-order chi connectivity index (χ0) is 25.2. The van der Waals surface area contributed by atoms with Gasteiger partial charge in [-0.3, -0.25) is 25.0 Å². The quantitative estimate of drug-likeness (QED) is 0.400. The molecule has 0 saturated carbocycles. The van der Waals surface area contributed by atoms with E-state index in [-0.39, 0.29) is 18.2 Å². The third-order valence-electron chi connectivity index (χ3n) is 7.25. The SMILES string of the molecule is Cc1ccc(N2C(=O)NC(=O)[C@]3(Cc4cc([N+](=O)[O-])ccc4N4C[C@H](C)O[C@@H](C)[C@H]43)C2=O)c(C)c1. The number of morpholine rings is 1. The van der Waals surface area contributed by atoms with Crippen molar-refractivity contribution in [2.45, 2.75) is 52.4 Å². The monoisotopic (exact) mass is 478 g/mol. The number of fused-ring (bicyclic) bond motifs is 4. The van der Waals surface area contributed by atoms with E-state index in [2.05, 4.69) is 5.32 Å². The van der Waals surface area contributed by atoms with Gasteiger partial charge in [-0.25, -0.2) is 9.69 Å². The molecule has 1 N–H and O–H groups in total. The number of nitro groups is 1. The van der Waals surface area contributed by atoms with E-state index in [1.54, 1.807) is 25.1 Å². The van der Waals surface area contributed by atoms with Gasteiger partial charge in [0.25, 0.3) is 11.6 Å². The summed E-state index contributed by atoms with van der Waals surface area (Å²) >= 11 is 0. The molecule has 10 heteroatoms. The largest absolute Gasteiger partial charge is 0.372 e. The molecule has 2 aromatic rings. The van der Waals surface area contributed by atoms with Crippen molar-refractivity contribution >= 4 is 34.9 Å². The van der Waals surface area contributed by atoms with Crippen LogP contribution in [-0.4, -0.2) is 47.6 Å². The van der Waals surface area contributed by atoms with Crippen LogP contribution in [0.15, 0.2) is 36.4 Å². The van der Waals surface area contributed by atoms with E-state index in [0.29, 0.717) is 23.4 Å². The van der Waals surface area contributed by atoms with Crippen LogP contribution in [0, 0.1) is 29.4 Å². The number of imide groups is 2. The number of nitro benzene ring substituents is 1. The highest BCUT2D eigenvalue weighted by molar-refractivity contribution is 6.31. The molecule has 2 fully saturated rings. The van der Waals surface area contributed by atoms with E-state index in [9.17, 15) is 24.5 Å². The van der Waals surface area contributed by atoms with Gasteiger partial charge in [-0.2, -0.15) is 0 Å². The Morgan fingerprint density at radius 2 is 1.80 bits per heavy atom. The Bertz CT molecular complexity index is 1290. The van der Waals surface area contributed by atoms with Gasteiger partial charge in [0.15, 0.2) is 5.41 Å². The number of rotatable bonds is 2. The van der Waals surface area contributed by atoms with Crippen LogP contribution in [0.25, 0.3) is 0 Å². The molecule has 0 radical (unpaired) electrons. The summed E-state index contributed by atoms with van der Waals surface area (Å²) < 4.78 is 6.08. The van der Waals surface area contributed by atoms with Crippen molar-refractivity contribution in [1.82, 2.24) is 5.32 Å². The Morgan fingerprint density at radius 1 is 1.09 bits per heavy atom. The molecule has 3 heterocycles. The number of hydrogen-bond donors (Lipinski definition) is 1. The lowest BCUT2D eigenvalue weighted by Crippen LogP contribution is -2.76. The topological polar surface area (TPSA) is 122 Å². The first-order chi connectivity index (χ1) is 16.5. The van der Waals surface area contributed by atoms with Crippen LogP contribution in [0.1, 0.15) is 30.5 Å². The number of carbonyl (C=O) groups excluding carboxylic acids is 3. The molecule has 10 nitrogen and oxygen atoms in total. The second kappa shape index (κ2) is 7.88. The fourth-order valence-electron chi connectivity index (χ4n) is 5.90. The minimum absolute atomic E-state index is 0.0907. The lowest BCUT2D eigenvalue weighted by Gasteiger charge is -2.56. The summed E-state index contributed by atoms with van der Waals surface area (Å²) in [7, 11) is 0. The molecule has 1 spiro atoms. The molecule has 2 aromatic carbocycles. The molecule has 0 unspecified atom stereocenters. The van der Waals surface area contributed by atoms with Crippen molar-refractivity contribution in [3.05, 3.63) is 63.2 Å². The molecule has 5 rings (SSSR count). The maximum absolute atomic E-state index is 14.3. The molecule has 4 atom stereocenters. The number of nitrogens with one attached hydrogen (secondary N) is 1. The van der Waals surface area contributed by atoms with Gasteiger partial charge in [0, 0.05) is 30.8 Å². The maximum atomic E-state index is 14.3. The molecule has 35 heavy (non-hydrogen) atoms. The summed E-state index contributed by atoms with van der Waals surface area (Å²) in [6.07, 6.45) is -0.809. The summed E-state index contributed by atoms with van der Waals surface area (Å²) in [5.41, 5.74) is 1.46. The second-order valence-electron chi connectivity index (χ2n) is 9.66. The second-order valence-corrected chi connectivity index (χ2v) is 9.66. The number of carbonyl (C=O) groups is 3. The van der Waals surface area contributed by atoms with Crippen LogP contribution in [0.3, 0.4) is 0 Å². The number of nitrogens with zero attached hydrogens (tertiary/aromatic N) is 3. The third-order valence-corrected chi connectivity index (χ3v) is 7.25. The van der Waals surface area contributed by atoms with Crippen LogP contribution in [0.2, 0.25) is 0 Å². The number of non-ortho nitro benzene ring substituents is 1. The van der Waals surface area contributed by atoms with Gasteiger partial charge >= 0.3 is 6.03 Å². The summed E-state index contributed by atoms with van der Waals surface area (Å²) in [4.78, 5) is 54.9. The molecule has 3 aliphatic heterocycles. The molecule has 3 aliphatic rings. The normalized spacial score (nSPS) is 28.0. The highest BCUT2D eigenvalue weighted by atomic mass is 16.6. The van der Waals surface area contributed by atoms with Crippen molar-refractivity contribution in [3.63, 3.8) is 0 Å². The Labute approximate surface area is 202 Å². The van der Waals surface area contributed by atoms with Crippen LogP contribution in [-0.2, 0) is 20.7 Å². The first-order valence-corrected chi connectivity index (χ1v) is 11.5. The molecule has 0 aliphatic carbocycles. The van der Waals surface area contributed by atoms with Crippen molar-refractivity contribution in [2.75, 3.05) is 16.3 Å². The predicted molar refractivity (Wildman–Crippen MR) is 127 cm³/mol. The highest BCUT2D eigenvalue weighted by Gasteiger charge is 2.65. The molecular weight excluding hydrogens is 452 g/mol. The first kappa shape index (κ1) is 23.0. The lowest BCUT2D eigenvalue weighted by molar-refractivity contribution is -0.384. The minimum Gasteiger partial charge on any atom is -0.372 e.